The number of fused-ring (bicyclic) bond motifs is 2. The Morgan fingerprint density at radius 1 is 0.510 bits per heavy atom. The first-order valence-electron chi connectivity index (χ1n) is 16.0. The predicted molar refractivity (Wildman–Crippen MR) is 199 cm³/mol. The maximum Gasteiger partial charge on any atom is 0.534 e. The van der Waals surface area contributed by atoms with Crippen molar-refractivity contribution in [2.24, 2.45) is 0 Å². The first-order chi connectivity index (χ1) is 22.9. The lowest BCUT2D eigenvalue weighted by Crippen LogP contribution is -2.28. The second-order valence-electron chi connectivity index (χ2n) is 13.3. The second kappa shape index (κ2) is 12.6. The molecule has 0 fully saturated rings. The van der Waals surface area contributed by atoms with Crippen LogP contribution in [-0.4, -0.2) is 13.9 Å². The minimum atomic E-state index is -6.00. The summed E-state index contributed by atoms with van der Waals surface area (Å²) in [5.74, 6) is -0.353. The molecule has 0 heterocycles. The van der Waals surface area contributed by atoms with E-state index in [-0.39, 0.29) is 5.75 Å². The summed E-state index contributed by atoms with van der Waals surface area (Å²) in [4.78, 5) is 0. The summed E-state index contributed by atoms with van der Waals surface area (Å²) >= 11 is 0. The van der Waals surface area contributed by atoms with Crippen LogP contribution in [0.1, 0.15) is 44.5 Å². The van der Waals surface area contributed by atoms with Gasteiger partial charge in [0, 0.05) is 11.1 Å². The minimum absolute atomic E-state index is 0.318. The number of hydrogen-bond donors (Lipinski definition) is 0. The summed E-state index contributed by atoms with van der Waals surface area (Å²) in [7, 11) is -7.31. The van der Waals surface area contributed by atoms with Gasteiger partial charge in [-0.2, -0.15) is 21.6 Å². The molecule has 0 unspecified atom stereocenters. The molecule has 0 radical (unpaired) electrons. The largest absolute Gasteiger partial charge is 0.534 e. The summed E-state index contributed by atoms with van der Waals surface area (Å²) in [5, 5.41) is 6.23. The fraction of sp³-hybridized carbons (Fsp3) is 0.220. The summed E-state index contributed by atoms with van der Waals surface area (Å²) in [6.45, 7) is 16.0. The Hall–Kier alpha value is -4.19. The summed E-state index contributed by atoms with van der Waals surface area (Å²) < 4.78 is 72.5. The van der Waals surface area contributed by atoms with E-state index < -0.39 is 23.5 Å². The van der Waals surface area contributed by atoms with E-state index in [1.165, 1.54) is 6.07 Å². The van der Waals surface area contributed by atoms with Gasteiger partial charge in [-0.25, -0.2) is 0 Å². The van der Waals surface area contributed by atoms with Gasteiger partial charge >= 0.3 is 15.6 Å². The molecule has 0 aliphatic heterocycles. The van der Waals surface area contributed by atoms with Gasteiger partial charge in [0.05, 0.1) is 0 Å². The number of hydrogen-bond acceptors (Lipinski definition) is 3. The lowest BCUT2D eigenvalue weighted by molar-refractivity contribution is -0.0499. The highest BCUT2D eigenvalue weighted by Crippen LogP contribution is 2.48. The zero-order chi connectivity index (χ0) is 35.6. The number of alkyl halides is 3. The highest BCUT2D eigenvalue weighted by atomic mass is 32.2. The Kier molecular flexibility index (Phi) is 8.92. The predicted octanol–water partition coefficient (Wildman–Crippen LogP) is 10.1. The van der Waals surface area contributed by atoms with E-state index in [9.17, 15) is 21.6 Å². The molecule has 3 nitrogen and oxygen atoms in total. The van der Waals surface area contributed by atoms with Gasteiger partial charge in [0.15, 0.2) is 5.75 Å². The molecule has 0 saturated heterocycles. The Bertz CT molecular complexity index is 2320. The van der Waals surface area contributed by atoms with Crippen molar-refractivity contribution >= 4 is 55.5 Å². The molecule has 0 amide bonds. The van der Waals surface area contributed by atoms with Crippen LogP contribution in [0, 0.1) is 55.4 Å². The molecule has 6 aromatic rings. The van der Waals surface area contributed by atoms with Crippen LogP contribution in [0.5, 0.6) is 5.75 Å². The lowest BCUT2D eigenvalue weighted by atomic mass is 9.89. The Labute approximate surface area is 287 Å². The van der Waals surface area contributed by atoms with E-state index >= 15 is 0 Å². The quantitative estimate of drug-likeness (QED) is 0.0988. The van der Waals surface area contributed by atoms with Crippen LogP contribution < -0.4 is 20.1 Å². The minimum Gasteiger partial charge on any atom is -0.375 e. The van der Waals surface area contributed by atoms with Crippen LogP contribution in [0.3, 0.4) is 0 Å². The van der Waals surface area contributed by atoms with Crippen molar-refractivity contribution in [1.29, 1.82) is 0 Å². The summed E-state index contributed by atoms with van der Waals surface area (Å²) in [5.41, 5.74) is 3.36. The van der Waals surface area contributed by atoms with Gasteiger partial charge in [0.1, 0.15) is 0 Å². The topological polar surface area (TPSA) is 43.4 Å². The molecule has 49 heavy (non-hydrogen) atoms. The van der Waals surface area contributed by atoms with Crippen LogP contribution in [-0.2, 0) is 10.1 Å². The maximum atomic E-state index is 14.0. The van der Waals surface area contributed by atoms with E-state index in [1.54, 1.807) is 6.92 Å². The van der Waals surface area contributed by atoms with Crippen molar-refractivity contribution in [3.05, 3.63) is 129 Å². The normalized spacial score (nSPS) is 12.3. The zero-order valence-corrected chi connectivity index (χ0v) is 30.5. The molecule has 8 heteroatoms. The molecule has 6 rings (SSSR count). The van der Waals surface area contributed by atoms with Crippen LogP contribution in [0.2, 0.25) is 0 Å². The molecule has 252 valence electrons. The third-order valence-electron chi connectivity index (χ3n) is 8.85. The van der Waals surface area contributed by atoms with Crippen LogP contribution in [0.25, 0.3) is 32.7 Å². The standard InChI is InChI=1S/C41H38F3O3PS/c1-23-9-11-33-35(19-23)29(7)21-37(47-49(45,46)41(42,43)44)39(33)40-34-12-10-24(2)20-36(34)30(8)22-38(40)48(31-15-25(3)13-26(4)16-31)32-17-27(5)14-28(6)18-32/h9-22H,1-8H3. The smallest absolute Gasteiger partial charge is 0.375 e. The SMILES string of the molecule is Cc1cc(C)cc(P(c2cc(C)cc(C)c2)c2cc(C)c3cc(C)ccc3c2-c2c(OS(=O)(=O)C(F)(F)F)cc(C)c3cc(C)ccc23)c1. The second-order valence-corrected chi connectivity index (χ2v) is 17.0. The van der Waals surface area contributed by atoms with E-state index in [4.69, 9.17) is 4.18 Å². The molecule has 0 aromatic heterocycles. The van der Waals surface area contributed by atoms with Crippen molar-refractivity contribution in [2.45, 2.75) is 60.9 Å². The first-order valence-corrected chi connectivity index (χ1v) is 18.7. The molecule has 0 atom stereocenters. The number of aryl methyl sites for hydroxylation is 8. The van der Waals surface area contributed by atoms with E-state index in [0.717, 1.165) is 71.0 Å². The van der Waals surface area contributed by atoms with Crippen LogP contribution in [0.15, 0.2) is 84.9 Å². The van der Waals surface area contributed by atoms with Gasteiger partial charge in [-0.15, -0.1) is 0 Å². The van der Waals surface area contributed by atoms with Crippen LogP contribution in [0.4, 0.5) is 13.2 Å². The number of halogens is 3. The molecule has 0 bridgehead atoms. The van der Waals surface area contributed by atoms with E-state index in [1.807, 2.05) is 51.1 Å². The molecule has 6 aromatic carbocycles. The maximum absolute atomic E-state index is 14.0. The lowest BCUT2D eigenvalue weighted by Gasteiger charge is -2.28. The summed E-state index contributed by atoms with van der Waals surface area (Å²) in [6, 6.07) is 28.3. The number of benzene rings is 6. The number of rotatable bonds is 6. The molecular weight excluding hydrogens is 660 g/mol. The summed E-state index contributed by atoms with van der Waals surface area (Å²) in [6.07, 6.45) is 0. The third kappa shape index (κ3) is 6.59. The molecular formula is C41H38F3O3PS. The van der Waals surface area contributed by atoms with Crippen LogP contribution >= 0.6 is 7.92 Å². The van der Waals surface area contributed by atoms with E-state index in [2.05, 4.69) is 76.2 Å². The highest BCUT2D eigenvalue weighted by molar-refractivity contribution is 7.88. The van der Waals surface area contributed by atoms with Crippen molar-refractivity contribution in [2.75, 3.05) is 0 Å². The fourth-order valence-corrected chi connectivity index (χ4v) is 10.3. The van der Waals surface area contributed by atoms with Gasteiger partial charge in [-0.05, 0) is 124 Å². The van der Waals surface area contributed by atoms with Crippen molar-refractivity contribution < 1.29 is 25.8 Å². The third-order valence-corrected chi connectivity index (χ3v) is 12.2. The Balaban J connectivity index is 1.86. The molecule has 0 N–H and O–H groups in total. The first kappa shape index (κ1) is 34.7. The van der Waals surface area contributed by atoms with Gasteiger partial charge in [0.25, 0.3) is 0 Å². The van der Waals surface area contributed by atoms with Crippen molar-refractivity contribution in [3.63, 3.8) is 0 Å². The molecule has 0 saturated carbocycles. The Morgan fingerprint density at radius 2 is 0.939 bits per heavy atom. The molecule has 0 spiro atoms. The van der Waals surface area contributed by atoms with Gasteiger partial charge in [0.2, 0.25) is 0 Å². The van der Waals surface area contributed by atoms with Gasteiger partial charge < -0.3 is 4.18 Å². The fourth-order valence-electron chi connectivity index (χ4n) is 6.89. The molecule has 0 aliphatic carbocycles. The van der Waals surface area contributed by atoms with Gasteiger partial charge in [-0.1, -0.05) is 106 Å². The van der Waals surface area contributed by atoms with Gasteiger partial charge in [-0.3, -0.25) is 0 Å². The monoisotopic (exact) mass is 698 g/mol. The average molecular weight is 699 g/mol. The average Bonchev–Trinajstić information content (AvgIpc) is 2.97. The Morgan fingerprint density at radius 3 is 1.39 bits per heavy atom. The van der Waals surface area contributed by atoms with Crippen molar-refractivity contribution in [1.82, 2.24) is 0 Å². The van der Waals surface area contributed by atoms with E-state index in [0.29, 0.717) is 22.1 Å². The molecule has 0 aliphatic rings. The highest BCUT2D eigenvalue weighted by Gasteiger charge is 2.49. The van der Waals surface area contributed by atoms with Crippen molar-refractivity contribution in [3.8, 4) is 16.9 Å². The zero-order valence-electron chi connectivity index (χ0n) is 28.8.